The lowest BCUT2D eigenvalue weighted by atomic mass is 9.95. The number of carbonyl (C=O) groups excluding carboxylic acids is 2. The van der Waals surface area contributed by atoms with E-state index in [-0.39, 0.29) is 18.4 Å². The molecule has 2 N–H and O–H groups in total. The number of para-hydroxylation sites is 2. The molecule has 0 aromatic heterocycles. The van der Waals surface area contributed by atoms with Crippen molar-refractivity contribution in [3.05, 3.63) is 24.3 Å². The summed E-state index contributed by atoms with van der Waals surface area (Å²) in [4.78, 5) is 28.2. The van der Waals surface area contributed by atoms with Gasteiger partial charge >= 0.3 is 0 Å². The zero-order chi connectivity index (χ0) is 19.3. The van der Waals surface area contributed by atoms with Gasteiger partial charge in [0.25, 0.3) is 11.8 Å². The van der Waals surface area contributed by atoms with Crippen molar-refractivity contribution in [3.63, 3.8) is 0 Å². The zero-order valence-electron chi connectivity index (χ0n) is 16.3. The first kappa shape index (κ1) is 19.1. The number of rotatable bonds is 4. The number of fused-ring (bicyclic) bond motifs is 1. The summed E-state index contributed by atoms with van der Waals surface area (Å²) in [5.74, 6) is 1.42. The van der Waals surface area contributed by atoms with Crippen LogP contribution < -0.4 is 19.7 Å². The molecule has 2 fully saturated rings. The SMILES string of the molecule is O=C(C[NH+]1CCN(C(=O)[C@H]2COc3ccccc3O2)CC1)NC1CCCCC1. The molecular weight excluding hydrogens is 358 g/mol. The van der Waals surface area contributed by atoms with Gasteiger partial charge < -0.3 is 24.6 Å². The second-order valence-corrected chi connectivity index (χ2v) is 8.02. The molecule has 1 saturated heterocycles. The van der Waals surface area contributed by atoms with Crippen LogP contribution in [0.1, 0.15) is 32.1 Å². The predicted octanol–water partition coefficient (Wildman–Crippen LogP) is 0.00240. The number of nitrogens with zero attached hydrogens (tertiary/aromatic N) is 1. The Kier molecular flexibility index (Phi) is 6.00. The Bertz CT molecular complexity index is 697. The van der Waals surface area contributed by atoms with Crippen LogP contribution in [0.25, 0.3) is 0 Å². The van der Waals surface area contributed by atoms with Crippen LogP contribution in [0.3, 0.4) is 0 Å². The van der Waals surface area contributed by atoms with Gasteiger partial charge in [0.15, 0.2) is 18.0 Å². The van der Waals surface area contributed by atoms with Gasteiger partial charge in [-0.15, -0.1) is 0 Å². The Morgan fingerprint density at radius 3 is 2.54 bits per heavy atom. The number of nitrogens with one attached hydrogen (secondary N) is 2. The largest absolute Gasteiger partial charge is 0.485 e. The molecule has 4 rings (SSSR count). The molecule has 0 spiro atoms. The zero-order valence-corrected chi connectivity index (χ0v) is 16.3. The third-order valence-corrected chi connectivity index (χ3v) is 5.95. The minimum absolute atomic E-state index is 0.0276. The summed E-state index contributed by atoms with van der Waals surface area (Å²) in [5.41, 5.74) is 0. The predicted molar refractivity (Wildman–Crippen MR) is 104 cm³/mol. The van der Waals surface area contributed by atoms with Crippen molar-refractivity contribution < 1.29 is 24.0 Å². The highest BCUT2D eigenvalue weighted by atomic mass is 16.6. The highest BCUT2D eigenvalue weighted by molar-refractivity contribution is 5.82. The molecule has 3 aliphatic rings. The summed E-state index contributed by atoms with van der Waals surface area (Å²) < 4.78 is 11.5. The van der Waals surface area contributed by atoms with Gasteiger partial charge in [-0.2, -0.15) is 0 Å². The topological polar surface area (TPSA) is 72.3 Å². The summed E-state index contributed by atoms with van der Waals surface area (Å²) in [6.45, 7) is 3.60. The molecule has 2 heterocycles. The maximum Gasteiger partial charge on any atom is 0.275 e. The number of ether oxygens (including phenoxy) is 2. The Hall–Kier alpha value is -2.28. The van der Waals surface area contributed by atoms with Gasteiger partial charge in [0.2, 0.25) is 6.10 Å². The van der Waals surface area contributed by atoms with Crippen LogP contribution in [0.15, 0.2) is 24.3 Å². The van der Waals surface area contributed by atoms with Crippen LogP contribution in [0.5, 0.6) is 11.5 Å². The Labute approximate surface area is 166 Å². The quantitative estimate of drug-likeness (QED) is 0.762. The number of hydrogen-bond donors (Lipinski definition) is 2. The van der Waals surface area contributed by atoms with E-state index in [1.165, 1.54) is 24.2 Å². The Morgan fingerprint density at radius 2 is 1.79 bits per heavy atom. The van der Waals surface area contributed by atoms with Crippen LogP contribution in [0.4, 0.5) is 0 Å². The van der Waals surface area contributed by atoms with E-state index < -0.39 is 6.10 Å². The number of carbonyl (C=O) groups is 2. The summed E-state index contributed by atoms with van der Waals surface area (Å²) in [7, 11) is 0. The van der Waals surface area contributed by atoms with Crippen molar-refractivity contribution in [3.8, 4) is 11.5 Å². The van der Waals surface area contributed by atoms with E-state index in [2.05, 4.69) is 5.32 Å². The van der Waals surface area contributed by atoms with Gasteiger partial charge in [-0.1, -0.05) is 31.4 Å². The van der Waals surface area contributed by atoms with Crippen LogP contribution in [0.2, 0.25) is 0 Å². The molecule has 28 heavy (non-hydrogen) atoms. The molecule has 1 atom stereocenters. The molecule has 1 saturated carbocycles. The normalized spacial score (nSPS) is 23.3. The molecule has 7 heteroatoms. The first-order valence-corrected chi connectivity index (χ1v) is 10.5. The highest BCUT2D eigenvalue weighted by Crippen LogP contribution is 2.31. The standard InChI is InChI=1S/C21H29N3O4/c25-20(22-16-6-2-1-3-7-16)14-23-10-12-24(13-11-23)21(26)19-15-27-17-8-4-5-9-18(17)28-19/h4-5,8-9,16,19H,1-3,6-7,10-15H2,(H,22,25)/p+1/t19-/m1/s1. The summed E-state index contributed by atoms with van der Waals surface area (Å²) in [5, 5.41) is 3.18. The molecule has 1 aromatic carbocycles. The number of piperazine rings is 1. The van der Waals surface area contributed by atoms with Crippen molar-refractivity contribution >= 4 is 11.8 Å². The van der Waals surface area contributed by atoms with Gasteiger partial charge in [0.05, 0.1) is 26.2 Å². The van der Waals surface area contributed by atoms with E-state index in [1.54, 1.807) is 0 Å². The minimum atomic E-state index is -0.592. The second-order valence-electron chi connectivity index (χ2n) is 8.02. The first-order valence-electron chi connectivity index (χ1n) is 10.5. The molecule has 0 radical (unpaired) electrons. The molecule has 0 unspecified atom stereocenters. The lowest BCUT2D eigenvalue weighted by molar-refractivity contribution is -0.896. The van der Waals surface area contributed by atoms with Gasteiger partial charge in [-0.05, 0) is 25.0 Å². The lowest BCUT2D eigenvalue weighted by Crippen LogP contribution is -3.16. The van der Waals surface area contributed by atoms with Crippen molar-refractivity contribution in [1.29, 1.82) is 0 Å². The molecule has 152 valence electrons. The number of quaternary nitrogens is 1. The number of benzene rings is 1. The molecule has 2 amide bonds. The Balaban J connectivity index is 1.22. The fourth-order valence-electron chi connectivity index (χ4n) is 4.32. The lowest BCUT2D eigenvalue weighted by Gasteiger charge is -2.35. The third kappa shape index (κ3) is 4.58. The maximum absolute atomic E-state index is 12.8. The monoisotopic (exact) mass is 388 g/mol. The smallest absolute Gasteiger partial charge is 0.275 e. The molecule has 1 aliphatic carbocycles. The van der Waals surface area contributed by atoms with E-state index in [9.17, 15) is 9.59 Å². The average Bonchev–Trinajstić information content (AvgIpc) is 2.74. The first-order chi connectivity index (χ1) is 13.7. The van der Waals surface area contributed by atoms with E-state index >= 15 is 0 Å². The van der Waals surface area contributed by atoms with Gasteiger partial charge in [-0.3, -0.25) is 9.59 Å². The van der Waals surface area contributed by atoms with Crippen LogP contribution in [0, 0.1) is 0 Å². The molecule has 2 aliphatic heterocycles. The molecular formula is C21H30N3O4+. The van der Waals surface area contributed by atoms with Crippen LogP contribution >= 0.6 is 0 Å². The number of amides is 2. The van der Waals surface area contributed by atoms with Gasteiger partial charge in [0, 0.05) is 6.04 Å². The number of hydrogen-bond acceptors (Lipinski definition) is 4. The van der Waals surface area contributed by atoms with Crippen molar-refractivity contribution in [2.45, 2.75) is 44.2 Å². The van der Waals surface area contributed by atoms with Gasteiger partial charge in [0.1, 0.15) is 6.61 Å². The van der Waals surface area contributed by atoms with E-state index in [1.807, 2.05) is 29.2 Å². The fraction of sp³-hybridized carbons (Fsp3) is 0.619. The van der Waals surface area contributed by atoms with Gasteiger partial charge in [-0.25, -0.2) is 0 Å². The van der Waals surface area contributed by atoms with Crippen LogP contribution in [-0.2, 0) is 9.59 Å². The van der Waals surface area contributed by atoms with Crippen molar-refractivity contribution in [2.24, 2.45) is 0 Å². The average molecular weight is 388 g/mol. The van der Waals surface area contributed by atoms with Crippen molar-refractivity contribution in [1.82, 2.24) is 10.2 Å². The molecule has 7 nitrogen and oxygen atoms in total. The second kappa shape index (κ2) is 8.82. The van der Waals surface area contributed by atoms with E-state index in [4.69, 9.17) is 9.47 Å². The highest BCUT2D eigenvalue weighted by Gasteiger charge is 2.34. The summed E-state index contributed by atoms with van der Waals surface area (Å²) in [6.07, 6.45) is 5.35. The molecule has 1 aromatic rings. The maximum atomic E-state index is 12.8. The Morgan fingerprint density at radius 1 is 1.07 bits per heavy atom. The molecule has 0 bridgehead atoms. The third-order valence-electron chi connectivity index (χ3n) is 5.95. The van der Waals surface area contributed by atoms with Crippen LogP contribution in [-0.4, -0.2) is 68.2 Å². The fourth-order valence-corrected chi connectivity index (χ4v) is 4.32. The van der Waals surface area contributed by atoms with Crippen molar-refractivity contribution in [2.75, 3.05) is 39.3 Å². The van der Waals surface area contributed by atoms with E-state index in [0.29, 0.717) is 37.2 Å². The van der Waals surface area contributed by atoms with E-state index in [0.717, 1.165) is 25.9 Å². The summed E-state index contributed by atoms with van der Waals surface area (Å²) >= 11 is 0. The summed E-state index contributed by atoms with van der Waals surface area (Å²) in [6, 6.07) is 7.78. The minimum Gasteiger partial charge on any atom is -0.485 e.